The van der Waals surface area contributed by atoms with Gasteiger partial charge in [-0.1, -0.05) is 30.4 Å². The highest BCUT2D eigenvalue weighted by atomic mass is 32.2. The molecule has 0 aliphatic rings. The van der Waals surface area contributed by atoms with Crippen LogP contribution in [-0.2, 0) is 16.4 Å². The Labute approximate surface area is 131 Å². The Kier molecular flexibility index (Phi) is 3.84. The van der Waals surface area contributed by atoms with Crippen LogP contribution in [0.2, 0.25) is 0 Å². The molecule has 7 heteroatoms. The fourth-order valence-electron chi connectivity index (χ4n) is 2.12. The van der Waals surface area contributed by atoms with Gasteiger partial charge in [0, 0.05) is 0 Å². The van der Waals surface area contributed by atoms with Gasteiger partial charge in [-0.3, -0.25) is 4.72 Å². The molecule has 0 aliphatic carbocycles. The topological polar surface area (TPSA) is 59.1 Å². The molecule has 0 atom stereocenters. The number of halogens is 1. The first-order valence-corrected chi connectivity index (χ1v) is 8.96. The van der Waals surface area contributed by atoms with Crippen molar-refractivity contribution in [1.82, 2.24) is 4.98 Å². The van der Waals surface area contributed by atoms with Crippen molar-refractivity contribution in [3.63, 3.8) is 0 Å². The molecule has 0 saturated carbocycles. The summed E-state index contributed by atoms with van der Waals surface area (Å²) in [5.41, 5.74) is 1.88. The Morgan fingerprint density at radius 2 is 1.91 bits per heavy atom. The SMILES string of the molecule is CCc1cccc2sc(NS(=O)(=O)c3ccc(F)cc3)nc12. The summed E-state index contributed by atoms with van der Waals surface area (Å²) in [4.78, 5) is 4.37. The minimum absolute atomic E-state index is 0.00358. The van der Waals surface area contributed by atoms with E-state index in [9.17, 15) is 12.8 Å². The molecule has 3 aromatic rings. The van der Waals surface area contributed by atoms with Crippen LogP contribution in [-0.4, -0.2) is 13.4 Å². The summed E-state index contributed by atoms with van der Waals surface area (Å²) >= 11 is 1.28. The lowest BCUT2D eigenvalue weighted by atomic mass is 10.1. The number of hydrogen-bond donors (Lipinski definition) is 1. The van der Waals surface area contributed by atoms with Gasteiger partial charge in [0.1, 0.15) is 5.82 Å². The van der Waals surface area contributed by atoms with Crippen molar-refractivity contribution in [1.29, 1.82) is 0 Å². The van der Waals surface area contributed by atoms with Crippen molar-refractivity contribution in [3.05, 3.63) is 53.8 Å². The van der Waals surface area contributed by atoms with E-state index in [4.69, 9.17) is 0 Å². The molecule has 4 nitrogen and oxygen atoms in total. The molecule has 114 valence electrons. The van der Waals surface area contributed by atoms with Crippen molar-refractivity contribution in [2.24, 2.45) is 0 Å². The standard InChI is InChI=1S/C15H13FN2O2S2/c1-2-10-4-3-5-13-14(10)17-15(21-13)18-22(19,20)12-8-6-11(16)7-9-12/h3-9H,2H2,1H3,(H,17,18). The van der Waals surface area contributed by atoms with E-state index >= 15 is 0 Å². The summed E-state index contributed by atoms with van der Waals surface area (Å²) < 4.78 is 40.8. The third-order valence-corrected chi connectivity index (χ3v) is 5.65. The lowest BCUT2D eigenvalue weighted by Crippen LogP contribution is -2.12. The number of para-hydroxylation sites is 1. The normalized spacial score (nSPS) is 11.7. The second kappa shape index (κ2) is 5.66. The minimum atomic E-state index is -3.77. The number of aromatic nitrogens is 1. The van der Waals surface area contributed by atoms with Crippen LogP contribution in [0.25, 0.3) is 10.2 Å². The summed E-state index contributed by atoms with van der Waals surface area (Å²) in [6.45, 7) is 2.02. The monoisotopic (exact) mass is 336 g/mol. The maximum atomic E-state index is 12.9. The molecule has 2 aromatic carbocycles. The number of fused-ring (bicyclic) bond motifs is 1. The lowest BCUT2D eigenvalue weighted by molar-refractivity contribution is 0.599. The molecule has 0 bridgehead atoms. The number of sulfonamides is 1. The summed E-state index contributed by atoms with van der Waals surface area (Å²) in [5, 5.41) is 0.306. The van der Waals surface area contributed by atoms with Gasteiger partial charge in [-0.15, -0.1) is 0 Å². The van der Waals surface area contributed by atoms with E-state index in [-0.39, 0.29) is 4.90 Å². The highest BCUT2D eigenvalue weighted by Crippen LogP contribution is 2.30. The molecule has 0 unspecified atom stereocenters. The Morgan fingerprint density at radius 3 is 2.59 bits per heavy atom. The van der Waals surface area contributed by atoms with Crippen LogP contribution in [0, 0.1) is 5.82 Å². The van der Waals surface area contributed by atoms with Gasteiger partial charge in [0.05, 0.1) is 15.1 Å². The fourth-order valence-corrected chi connectivity index (χ4v) is 4.27. The predicted octanol–water partition coefficient (Wildman–Crippen LogP) is 3.80. The van der Waals surface area contributed by atoms with E-state index in [0.717, 1.165) is 34.3 Å². The maximum Gasteiger partial charge on any atom is 0.263 e. The zero-order chi connectivity index (χ0) is 15.7. The summed E-state index contributed by atoms with van der Waals surface area (Å²) in [5.74, 6) is -0.480. The molecule has 1 aromatic heterocycles. The molecule has 0 fully saturated rings. The summed E-state index contributed by atoms with van der Waals surface area (Å²) in [7, 11) is -3.77. The number of nitrogens with zero attached hydrogens (tertiary/aromatic N) is 1. The Bertz CT molecular complexity index is 918. The molecule has 1 N–H and O–H groups in total. The van der Waals surface area contributed by atoms with Crippen LogP contribution in [0.4, 0.5) is 9.52 Å². The zero-order valence-corrected chi connectivity index (χ0v) is 13.3. The summed E-state index contributed by atoms with van der Waals surface area (Å²) in [6, 6.07) is 10.5. The highest BCUT2D eigenvalue weighted by Gasteiger charge is 2.17. The van der Waals surface area contributed by atoms with Gasteiger partial charge in [0.2, 0.25) is 0 Å². The average Bonchev–Trinajstić information content (AvgIpc) is 2.89. The highest BCUT2D eigenvalue weighted by molar-refractivity contribution is 7.93. The van der Waals surface area contributed by atoms with Crippen molar-refractivity contribution in [2.75, 3.05) is 4.72 Å². The van der Waals surface area contributed by atoms with E-state index in [1.165, 1.54) is 23.5 Å². The Balaban J connectivity index is 1.97. The fraction of sp³-hybridized carbons (Fsp3) is 0.133. The van der Waals surface area contributed by atoms with E-state index < -0.39 is 15.8 Å². The molecule has 0 aliphatic heterocycles. The van der Waals surface area contributed by atoms with Gasteiger partial charge in [-0.25, -0.2) is 17.8 Å². The van der Waals surface area contributed by atoms with Crippen molar-refractivity contribution < 1.29 is 12.8 Å². The van der Waals surface area contributed by atoms with Gasteiger partial charge < -0.3 is 0 Å². The average molecular weight is 336 g/mol. The summed E-state index contributed by atoms with van der Waals surface area (Å²) in [6.07, 6.45) is 0.825. The molecule has 22 heavy (non-hydrogen) atoms. The molecule has 0 amide bonds. The first-order chi connectivity index (χ1) is 10.5. The Hall–Kier alpha value is -1.99. The predicted molar refractivity (Wildman–Crippen MR) is 86.2 cm³/mol. The van der Waals surface area contributed by atoms with E-state index in [1.807, 2.05) is 25.1 Å². The molecular weight excluding hydrogens is 323 g/mol. The molecule has 3 rings (SSSR count). The van der Waals surface area contributed by atoms with E-state index in [0.29, 0.717) is 5.13 Å². The smallest absolute Gasteiger partial charge is 0.255 e. The van der Waals surface area contributed by atoms with Crippen molar-refractivity contribution >= 4 is 36.7 Å². The largest absolute Gasteiger partial charge is 0.263 e. The number of rotatable bonds is 4. The number of aryl methyl sites for hydroxylation is 1. The number of nitrogens with one attached hydrogen (secondary N) is 1. The number of thiazole rings is 1. The number of benzene rings is 2. The molecular formula is C15H13FN2O2S2. The first kappa shape index (κ1) is 14.9. The quantitative estimate of drug-likeness (QED) is 0.788. The van der Waals surface area contributed by atoms with Crippen LogP contribution >= 0.6 is 11.3 Å². The van der Waals surface area contributed by atoms with Crippen molar-refractivity contribution in [2.45, 2.75) is 18.2 Å². The Morgan fingerprint density at radius 1 is 1.18 bits per heavy atom. The van der Waals surface area contributed by atoms with Crippen molar-refractivity contribution in [3.8, 4) is 0 Å². The third kappa shape index (κ3) is 2.82. The molecule has 0 spiro atoms. The second-order valence-electron chi connectivity index (χ2n) is 4.70. The molecule has 1 heterocycles. The van der Waals surface area contributed by atoms with Crippen LogP contribution in [0.5, 0.6) is 0 Å². The van der Waals surface area contributed by atoms with Gasteiger partial charge in [-0.05, 0) is 42.3 Å². The number of anilines is 1. The van der Waals surface area contributed by atoms with Crippen LogP contribution in [0.15, 0.2) is 47.4 Å². The lowest BCUT2D eigenvalue weighted by Gasteiger charge is -2.04. The molecule has 0 radical (unpaired) electrons. The van der Waals surface area contributed by atoms with Gasteiger partial charge in [0.15, 0.2) is 5.13 Å². The van der Waals surface area contributed by atoms with Gasteiger partial charge >= 0.3 is 0 Å². The third-order valence-electron chi connectivity index (χ3n) is 3.23. The molecule has 0 saturated heterocycles. The second-order valence-corrected chi connectivity index (χ2v) is 7.41. The van der Waals surface area contributed by atoms with Crippen LogP contribution in [0.1, 0.15) is 12.5 Å². The number of hydrogen-bond acceptors (Lipinski definition) is 4. The van der Waals surface area contributed by atoms with E-state index in [1.54, 1.807) is 0 Å². The van der Waals surface area contributed by atoms with Gasteiger partial charge in [-0.2, -0.15) is 0 Å². The zero-order valence-electron chi connectivity index (χ0n) is 11.7. The minimum Gasteiger partial charge on any atom is -0.255 e. The van der Waals surface area contributed by atoms with Crippen LogP contribution in [0.3, 0.4) is 0 Å². The first-order valence-electron chi connectivity index (χ1n) is 6.66. The maximum absolute atomic E-state index is 12.9. The van der Waals surface area contributed by atoms with E-state index in [2.05, 4.69) is 9.71 Å². The van der Waals surface area contributed by atoms with Crippen LogP contribution < -0.4 is 4.72 Å². The van der Waals surface area contributed by atoms with Gasteiger partial charge in [0.25, 0.3) is 10.0 Å².